The number of carbonyl (C=O) groups is 1. The van der Waals surface area contributed by atoms with Gasteiger partial charge in [-0.25, -0.2) is 0 Å². The number of para-hydroxylation sites is 1. The number of methoxy groups -OCH3 is 1. The molecule has 3 heterocycles. The number of ether oxygens (including phenoxy) is 1. The van der Waals surface area contributed by atoms with Crippen molar-refractivity contribution in [3.8, 4) is 11.4 Å². The van der Waals surface area contributed by atoms with Gasteiger partial charge >= 0.3 is 0 Å². The standard InChI is InChI=1S/C29H29N5O2S/c1-20-9-3-4-12-23(20)31-26(35)15-18-34-28(27(32-29(34)37)24-13-5-6-16-30-24)25-14-8-17-33(25)21-10-7-11-22(19-21)36-2/h3-14,16-17,19,27-28H,15,18H2,1-2H3,(H,31,35)(H,32,37). The molecule has 1 amide bonds. The number of anilines is 1. The molecule has 2 N–H and O–H groups in total. The van der Waals surface area contributed by atoms with Gasteiger partial charge in [-0.15, -0.1) is 0 Å². The molecule has 37 heavy (non-hydrogen) atoms. The summed E-state index contributed by atoms with van der Waals surface area (Å²) >= 11 is 5.80. The molecule has 1 fully saturated rings. The number of hydrogen-bond donors (Lipinski definition) is 2. The molecular weight excluding hydrogens is 482 g/mol. The first-order valence-electron chi connectivity index (χ1n) is 12.2. The lowest BCUT2D eigenvalue weighted by Crippen LogP contribution is -2.33. The van der Waals surface area contributed by atoms with E-state index < -0.39 is 0 Å². The van der Waals surface area contributed by atoms with Crippen LogP contribution in [0.15, 0.2) is 91.3 Å². The highest BCUT2D eigenvalue weighted by Gasteiger charge is 2.41. The first-order valence-corrected chi connectivity index (χ1v) is 12.6. The number of hydrogen-bond acceptors (Lipinski definition) is 4. The Balaban J connectivity index is 1.45. The van der Waals surface area contributed by atoms with E-state index >= 15 is 0 Å². The molecule has 7 nitrogen and oxygen atoms in total. The Hall–Kier alpha value is -4.17. The summed E-state index contributed by atoms with van der Waals surface area (Å²) in [6.45, 7) is 2.44. The lowest BCUT2D eigenvalue weighted by Gasteiger charge is -2.29. The van der Waals surface area contributed by atoms with E-state index in [0.29, 0.717) is 18.1 Å². The highest BCUT2D eigenvalue weighted by molar-refractivity contribution is 7.80. The zero-order valence-corrected chi connectivity index (χ0v) is 21.6. The number of rotatable bonds is 8. The first kappa shape index (κ1) is 24.5. The molecule has 0 saturated carbocycles. The van der Waals surface area contributed by atoms with Crippen LogP contribution in [0.25, 0.3) is 5.69 Å². The van der Waals surface area contributed by atoms with Crippen molar-refractivity contribution in [2.24, 2.45) is 0 Å². The van der Waals surface area contributed by atoms with E-state index in [1.54, 1.807) is 13.3 Å². The Morgan fingerprint density at radius 1 is 1.08 bits per heavy atom. The van der Waals surface area contributed by atoms with E-state index in [2.05, 4.69) is 31.2 Å². The summed E-state index contributed by atoms with van der Waals surface area (Å²) in [5.74, 6) is 0.726. The van der Waals surface area contributed by atoms with Crippen LogP contribution in [-0.2, 0) is 4.79 Å². The Kier molecular flexibility index (Phi) is 7.18. The lowest BCUT2D eigenvalue weighted by atomic mass is 10.0. The Morgan fingerprint density at radius 2 is 1.92 bits per heavy atom. The molecule has 2 unspecified atom stereocenters. The molecule has 1 aliphatic heterocycles. The summed E-state index contributed by atoms with van der Waals surface area (Å²) < 4.78 is 7.60. The van der Waals surface area contributed by atoms with Crippen LogP contribution >= 0.6 is 12.2 Å². The van der Waals surface area contributed by atoms with Crippen molar-refractivity contribution in [2.45, 2.75) is 25.4 Å². The molecule has 0 spiro atoms. The molecular formula is C29H29N5O2S. The van der Waals surface area contributed by atoms with E-state index in [-0.39, 0.29) is 18.0 Å². The molecule has 0 bridgehead atoms. The summed E-state index contributed by atoms with van der Waals surface area (Å²) in [5.41, 5.74) is 4.76. The molecule has 2 aromatic carbocycles. The first-order chi connectivity index (χ1) is 18.0. The second kappa shape index (κ2) is 10.8. The smallest absolute Gasteiger partial charge is 0.226 e. The number of nitrogens with zero attached hydrogens (tertiary/aromatic N) is 3. The number of benzene rings is 2. The summed E-state index contributed by atoms with van der Waals surface area (Å²) in [4.78, 5) is 19.6. The van der Waals surface area contributed by atoms with E-state index in [4.69, 9.17) is 17.0 Å². The van der Waals surface area contributed by atoms with Gasteiger partial charge in [0.15, 0.2) is 5.11 Å². The molecule has 2 aromatic heterocycles. The van der Waals surface area contributed by atoms with Crippen molar-refractivity contribution in [3.05, 3.63) is 108 Å². The lowest BCUT2D eigenvalue weighted by molar-refractivity contribution is -0.116. The van der Waals surface area contributed by atoms with Gasteiger partial charge in [0.25, 0.3) is 0 Å². The number of nitrogens with one attached hydrogen (secondary N) is 2. The predicted octanol–water partition coefficient (Wildman–Crippen LogP) is 5.19. The van der Waals surface area contributed by atoms with Crippen LogP contribution in [0.3, 0.4) is 0 Å². The van der Waals surface area contributed by atoms with Crippen molar-refractivity contribution < 1.29 is 9.53 Å². The molecule has 4 aromatic rings. The molecule has 0 radical (unpaired) electrons. The maximum atomic E-state index is 12.9. The minimum atomic E-state index is -0.174. The molecule has 8 heteroatoms. The second-order valence-electron chi connectivity index (χ2n) is 8.94. The SMILES string of the molecule is COc1cccc(-n2cccc2C2C(c3ccccn3)NC(=S)N2CCC(=O)Nc2ccccc2C)c1. The third-order valence-corrected chi connectivity index (χ3v) is 6.96. The van der Waals surface area contributed by atoms with Crippen LogP contribution in [-0.4, -0.2) is 39.1 Å². The maximum absolute atomic E-state index is 12.9. The third-order valence-electron chi connectivity index (χ3n) is 6.61. The molecule has 1 aliphatic rings. The fraction of sp³-hybridized carbons (Fsp3) is 0.207. The zero-order valence-electron chi connectivity index (χ0n) is 20.8. The van der Waals surface area contributed by atoms with Crippen molar-refractivity contribution in [2.75, 3.05) is 19.0 Å². The largest absolute Gasteiger partial charge is 0.497 e. The van der Waals surface area contributed by atoms with E-state index in [0.717, 1.165) is 34.1 Å². The number of amides is 1. The van der Waals surface area contributed by atoms with Crippen molar-refractivity contribution in [3.63, 3.8) is 0 Å². The Morgan fingerprint density at radius 3 is 2.70 bits per heavy atom. The van der Waals surface area contributed by atoms with Gasteiger partial charge in [-0.2, -0.15) is 0 Å². The monoisotopic (exact) mass is 511 g/mol. The van der Waals surface area contributed by atoms with Gasteiger partial charge in [-0.3, -0.25) is 9.78 Å². The highest BCUT2D eigenvalue weighted by Crippen LogP contribution is 2.39. The van der Waals surface area contributed by atoms with Crippen molar-refractivity contribution in [1.29, 1.82) is 0 Å². The number of aromatic nitrogens is 2. The molecule has 188 valence electrons. The molecule has 5 rings (SSSR count). The summed E-state index contributed by atoms with van der Waals surface area (Å²) in [6, 6.07) is 25.4. The van der Waals surface area contributed by atoms with E-state index in [1.807, 2.05) is 85.9 Å². The van der Waals surface area contributed by atoms with Gasteiger partial charge in [0, 0.05) is 48.5 Å². The predicted molar refractivity (Wildman–Crippen MR) is 149 cm³/mol. The quantitative estimate of drug-likeness (QED) is 0.317. The summed E-state index contributed by atoms with van der Waals surface area (Å²) in [7, 11) is 1.66. The van der Waals surface area contributed by atoms with Crippen LogP contribution < -0.4 is 15.4 Å². The van der Waals surface area contributed by atoms with Crippen molar-refractivity contribution >= 4 is 28.9 Å². The summed E-state index contributed by atoms with van der Waals surface area (Å²) in [5, 5.41) is 7.10. The van der Waals surface area contributed by atoms with Gasteiger partial charge in [-0.05, 0) is 67.2 Å². The van der Waals surface area contributed by atoms with E-state index in [1.165, 1.54) is 0 Å². The van der Waals surface area contributed by atoms with Gasteiger partial charge in [-0.1, -0.05) is 30.3 Å². The van der Waals surface area contributed by atoms with Gasteiger partial charge in [0.2, 0.25) is 5.91 Å². The average Bonchev–Trinajstić information content (AvgIpc) is 3.53. The number of thiocarbonyl (C=S) groups is 1. The molecule has 0 aliphatic carbocycles. The van der Waals surface area contributed by atoms with Crippen LogP contribution in [0.4, 0.5) is 5.69 Å². The normalized spacial score (nSPS) is 16.9. The number of aryl methyl sites for hydroxylation is 1. The zero-order chi connectivity index (χ0) is 25.8. The van der Waals surface area contributed by atoms with Gasteiger partial charge < -0.3 is 24.8 Å². The van der Waals surface area contributed by atoms with E-state index in [9.17, 15) is 4.79 Å². The Labute approximate surface area is 222 Å². The van der Waals surface area contributed by atoms with Gasteiger partial charge in [0.1, 0.15) is 5.75 Å². The number of carbonyl (C=O) groups excluding carboxylic acids is 1. The minimum Gasteiger partial charge on any atom is -0.497 e. The topological polar surface area (TPSA) is 71.4 Å². The van der Waals surface area contributed by atoms with Crippen molar-refractivity contribution in [1.82, 2.24) is 19.8 Å². The average molecular weight is 512 g/mol. The maximum Gasteiger partial charge on any atom is 0.226 e. The fourth-order valence-corrected chi connectivity index (χ4v) is 5.08. The highest BCUT2D eigenvalue weighted by atomic mass is 32.1. The van der Waals surface area contributed by atoms with Crippen LogP contribution in [0, 0.1) is 6.92 Å². The fourth-order valence-electron chi connectivity index (χ4n) is 4.75. The Bertz CT molecular complexity index is 1400. The minimum absolute atomic E-state index is 0.0553. The van der Waals surface area contributed by atoms with Crippen LogP contribution in [0.5, 0.6) is 5.75 Å². The molecule has 2 atom stereocenters. The van der Waals surface area contributed by atoms with Crippen LogP contribution in [0.1, 0.15) is 35.5 Å². The van der Waals surface area contributed by atoms with Crippen LogP contribution in [0.2, 0.25) is 0 Å². The number of pyridine rings is 1. The second-order valence-corrected chi connectivity index (χ2v) is 9.32. The molecule has 1 saturated heterocycles. The van der Waals surface area contributed by atoms with Gasteiger partial charge in [0.05, 0.1) is 24.9 Å². The third kappa shape index (κ3) is 5.20. The summed E-state index contributed by atoms with van der Waals surface area (Å²) in [6.07, 6.45) is 4.11.